The molecule has 1 aliphatic heterocycles. The zero-order valence-electron chi connectivity index (χ0n) is 10.1. The van der Waals surface area contributed by atoms with Crippen molar-refractivity contribution < 1.29 is 17.5 Å². The van der Waals surface area contributed by atoms with E-state index in [1.54, 1.807) is 0 Å². The second-order valence-electron chi connectivity index (χ2n) is 4.27. The molecule has 4 nitrogen and oxygen atoms in total. The third kappa shape index (κ3) is 3.38. The molecule has 0 spiro atoms. The molecule has 1 unspecified atom stereocenters. The summed E-state index contributed by atoms with van der Waals surface area (Å²) in [5.74, 6) is -0.610. The maximum atomic E-state index is 13.5. The first-order valence-corrected chi connectivity index (χ1v) is 8.10. The van der Waals surface area contributed by atoms with Crippen molar-refractivity contribution in [1.82, 2.24) is 4.31 Å². The van der Waals surface area contributed by atoms with Crippen LogP contribution in [0.15, 0.2) is 12.1 Å². The minimum absolute atomic E-state index is 0.0791. The van der Waals surface area contributed by atoms with E-state index in [4.69, 9.17) is 27.9 Å². The molecule has 1 fully saturated rings. The van der Waals surface area contributed by atoms with Crippen LogP contribution in [0.3, 0.4) is 0 Å². The van der Waals surface area contributed by atoms with E-state index in [0.29, 0.717) is 5.56 Å². The van der Waals surface area contributed by atoms with E-state index in [-0.39, 0.29) is 29.7 Å². The molecule has 1 saturated heterocycles. The normalized spacial score (nSPS) is 21.6. The number of sulfonamides is 1. The first kappa shape index (κ1) is 15.0. The van der Waals surface area contributed by atoms with Crippen LogP contribution in [0, 0.1) is 5.82 Å². The van der Waals surface area contributed by atoms with Crippen molar-refractivity contribution >= 4 is 33.2 Å². The topological polar surface area (TPSA) is 46.6 Å². The molecule has 1 aromatic carbocycles. The lowest BCUT2D eigenvalue weighted by Crippen LogP contribution is -2.41. The fraction of sp³-hybridized carbons (Fsp3) is 0.455. The number of ether oxygens (including phenoxy) is 1. The van der Waals surface area contributed by atoms with Crippen molar-refractivity contribution in [3.8, 4) is 0 Å². The van der Waals surface area contributed by atoms with E-state index in [1.807, 2.05) is 0 Å². The van der Waals surface area contributed by atoms with E-state index in [0.717, 1.165) is 6.26 Å². The average molecular weight is 328 g/mol. The van der Waals surface area contributed by atoms with Crippen molar-refractivity contribution in [2.75, 3.05) is 26.0 Å². The van der Waals surface area contributed by atoms with Gasteiger partial charge in [-0.1, -0.05) is 23.2 Å². The van der Waals surface area contributed by atoms with Gasteiger partial charge in [0.1, 0.15) is 5.82 Å². The third-order valence-electron chi connectivity index (χ3n) is 2.88. The Morgan fingerprint density at radius 3 is 2.68 bits per heavy atom. The third-order valence-corrected chi connectivity index (χ3v) is 4.77. The van der Waals surface area contributed by atoms with Crippen LogP contribution in [0.2, 0.25) is 10.0 Å². The molecule has 1 aliphatic rings. The summed E-state index contributed by atoms with van der Waals surface area (Å²) in [6.45, 7) is 0.626. The van der Waals surface area contributed by atoms with Gasteiger partial charge in [0.05, 0.1) is 24.0 Å². The first-order chi connectivity index (χ1) is 8.79. The van der Waals surface area contributed by atoms with Gasteiger partial charge in [0.2, 0.25) is 10.0 Å². The zero-order chi connectivity index (χ0) is 14.2. The Balaban J connectivity index is 2.30. The van der Waals surface area contributed by atoms with Crippen molar-refractivity contribution in [2.45, 2.75) is 6.10 Å². The summed E-state index contributed by atoms with van der Waals surface area (Å²) < 4.78 is 43.2. The fourth-order valence-corrected chi connectivity index (χ4v) is 3.22. The van der Waals surface area contributed by atoms with Crippen LogP contribution in [0.5, 0.6) is 0 Å². The number of hydrogen-bond donors (Lipinski definition) is 0. The van der Waals surface area contributed by atoms with Gasteiger partial charge < -0.3 is 4.74 Å². The Labute approximate surface area is 121 Å². The highest BCUT2D eigenvalue weighted by Gasteiger charge is 2.29. The second-order valence-corrected chi connectivity index (χ2v) is 7.07. The molecule has 1 atom stereocenters. The summed E-state index contributed by atoms with van der Waals surface area (Å²) in [6, 6.07) is 2.47. The molecular weight excluding hydrogens is 316 g/mol. The molecule has 0 bridgehead atoms. The molecule has 19 heavy (non-hydrogen) atoms. The van der Waals surface area contributed by atoms with Gasteiger partial charge >= 0.3 is 0 Å². The second kappa shape index (κ2) is 5.54. The Bertz CT molecular complexity index is 594. The standard InChI is InChI=1S/C11H12Cl2FNO3S/c1-19(16,17)15-2-3-18-11(6-15)7-4-10(14)9(13)5-8(7)12/h4-5,11H,2-3,6H2,1H3. The van der Waals surface area contributed by atoms with Crippen molar-refractivity contribution in [1.29, 1.82) is 0 Å². The lowest BCUT2D eigenvalue weighted by Gasteiger charge is -2.31. The fourth-order valence-electron chi connectivity index (χ4n) is 1.90. The maximum absolute atomic E-state index is 13.5. The largest absolute Gasteiger partial charge is 0.371 e. The quantitative estimate of drug-likeness (QED) is 0.784. The molecule has 0 N–H and O–H groups in total. The summed E-state index contributed by atoms with van der Waals surface area (Å²) in [5, 5.41) is 0.177. The van der Waals surface area contributed by atoms with Gasteiger partial charge in [0, 0.05) is 23.7 Å². The minimum Gasteiger partial charge on any atom is -0.371 e. The van der Waals surface area contributed by atoms with Crippen LogP contribution in [0.1, 0.15) is 11.7 Å². The Kier molecular flexibility index (Phi) is 4.37. The van der Waals surface area contributed by atoms with Crippen LogP contribution in [-0.4, -0.2) is 38.7 Å². The van der Waals surface area contributed by atoms with Crippen molar-refractivity contribution in [2.24, 2.45) is 0 Å². The van der Waals surface area contributed by atoms with Gasteiger partial charge in [-0.2, -0.15) is 4.31 Å². The molecule has 0 radical (unpaired) electrons. The molecule has 1 heterocycles. The summed E-state index contributed by atoms with van der Waals surface area (Å²) in [6.07, 6.45) is 0.530. The summed E-state index contributed by atoms with van der Waals surface area (Å²) in [4.78, 5) is 0. The van der Waals surface area contributed by atoms with Crippen molar-refractivity contribution in [3.05, 3.63) is 33.6 Å². The average Bonchev–Trinajstić information content (AvgIpc) is 2.33. The molecule has 106 valence electrons. The molecule has 0 aliphatic carbocycles. The van der Waals surface area contributed by atoms with Gasteiger partial charge in [0.25, 0.3) is 0 Å². The van der Waals surface area contributed by atoms with Gasteiger partial charge in [-0.05, 0) is 12.1 Å². The maximum Gasteiger partial charge on any atom is 0.211 e. The number of rotatable bonds is 2. The molecular formula is C11H12Cl2FNO3S. The number of hydrogen-bond acceptors (Lipinski definition) is 3. The van der Waals surface area contributed by atoms with Crippen molar-refractivity contribution in [3.63, 3.8) is 0 Å². The highest BCUT2D eigenvalue weighted by Crippen LogP contribution is 2.32. The van der Waals surface area contributed by atoms with E-state index in [2.05, 4.69) is 0 Å². The minimum atomic E-state index is -3.31. The van der Waals surface area contributed by atoms with Crippen LogP contribution in [0.25, 0.3) is 0 Å². The summed E-state index contributed by atoms with van der Waals surface area (Å²) >= 11 is 11.6. The predicted octanol–water partition coefficient (Wildman–Crippen LogP) is 2.47. The lowest BCUT2D eigenvalue weighted by molar-refractivity contribution is -0.00243. The monoisotopic (exact) mass is 327 g/mol. The van der Waals surface area contributed by atoms with Gasteiger partial charge in [0.15, 0.2) is 0 Å². The van der Waals surface area contributed by atoms with E-state index in [9.17, 15) is 12.8 Å². The van der Waals surface area contributed by atoms with Crippen LogP contribution in [-0.2, 0) is 14.8 Å². The molecule has 0 amide bonds. The number of benzene rings is 1. The highest BCUT2D eigenvalue weighted by atomic mass is 35.5. The summed E-state index contributed by atoms with van der Waals surface area (Å²) in [7, 11) is -3.31. The van der Waals surface area contributed by atoms with Gasteiger partial charge in [-0.15, -0.1) is 0 Å². The Morgan fingerprint density at radius 2 is 2.05 bits per heavy atom. The van der Waals surface area contributed by atoms with Gasteiger partial charge in [-0.25, -0.2) is 12.8 Å². The van der Waals surface area contributed by atoms with Crippen LogP contribution < -0.4 is 0 Å². The molecule has 1 aromatic rings. The van der Waals surface area contributed by atoms with Crippen LogP contribution in [0.4, 0.5) is 4.39 Å². The molecule has 0 saturated carbocycles. The first-order valence-electron chi connectivity index (χ1n) is 5.50. The smallest absolute Gasteiger partial charge is 0.211 e. The van der Waals surface area contributed by atoms with E-state index < -0.39 is 21.9 Å². The van der Waals surface area contributed by atoms with Crippen LogP contribution >= 0.6 is 23.2 Å². The molecule has 0 aromatic heterocycles. The van der Waals surface area contributed by atoms with E-state index >= 15 is 0 Å². The number of nitrogens with zero attached hydrogens (tertiary/aromatic N) is 1. The predicted molar refractivity (Wildman–Crippen MR) is 71.5 cm³/mol. The lowest BCUT2D eigenvalue weighted by atomic mass is 10.1. The Morgan fingerprint density at radius 1 is 1.37 bits per heavy atom. The Hall–Kier alpha value is -0.400. The number of halogens is 3. The highest BCUT2D eigenvalue weighted by molar-refractivity contribution is 7.88. The molecule has 2 rings (SSSR count). The SMILES string of the molecule is CS(=O)(=O)N1CCOC(c2cc(F)c(Cl)cc2Cl)C1. The number of morpholine rings is 1. The van der Waals surface area contributed by atoms with Gasteiger partial charge in [-0.3, -0.25) is 0 Å². The molecule has 8 heteroatoms. The zero-order valence-corrected chi connectivity index (χ0v) is 12.4. The summed E-state index contributed by atoms with van der Waals surface area (Å²) in [5.41, 5.74) is 0.400. The van der Waals surface area contributed by atoms with E-state index in [1.165, 1.54) is 16.4 Å².